The van der Waals surface area contributed by atoms with Gasteiger partial charge in [-0.25, -0.2) is 17.8 Å². The molecule has 2 heterocycles. The Bertz CT molecular complexity index is 1020. The number of halogens is 1. The zero-order valence-corrected chi connectivity index (χ0v) is 12.9. The number of aryl methyl sites for hydroxylation is 1. The molecule has 0 unspecified atom stereocenters. The van der Waals surface area contributed by atoms with Crippen LogP contribution in [0.4, 0.5) is 10.1 Å². The van der Waals surface area contributed by atoms with E-state index in [4.69, 9.17) is 0 Å². The van der Waals surface area contributed by atoms with E-state index in [0.717, 1.165) is 10.5 Å². The molecule has 3 rings (SSSR count). The van der Waals surface area contributed by atoms with Gasteiger partial charge in [-0.2, -0.15) is 0 Å². The number of aromatic nitrogens is 2. The fourth-order valence-electron chi connectivity index (χ4n) is 2.02. The van der Waals surface area contributed by atoms with E-state index < -0.39 is 26.3 Å². The minimum atomic E-state index is -4.25. The van der Waals surface area contributed by atoms with Crippen LogP contribution in [0.25, 0.3) is 4.96 Å². The van der Waals surface area contributed by atoms with Crippen LogP contribution in [0.15, 0.2) is 45.5 Å². The second-order valence-electron chi connectivity index (χ2n) is 4.47. The number of thiazole rings is 1. The molecule has 1 aromatic carbocycles. The lowest BCUT2D eigenvalue weighted by Crippen LogP contribution is -2.27. The van der Waals surface area contributed by atoms with Gasteiger partial charge in [0.25, 0.3) is 15.6 Å². The average molecular weight is 339 g/mol. The quantitative estimate of drug-likeness (QED) is 0.791. The molecular weight excluding hydrogens is 329 g/mol. The van der Waals surface area contributed by atoms with Crippen molar-refractivity contribution in [2.24, 2.45) is 0 Å². The van der Waals surface area contributed by atoms with Crippen LogP contribution >= 0.6 is 11.3 Å². The van der Waals surface area contributed by atoms with Gasteiger partial charge in [0.1, 0.15) is 5.82 Å². The van der Waals surface area contributed by atoms with E-state index in [-0.39, 0.29) is 11.4 Å². The molecule has 0 bridgehead atoms. The van der Waals surface area contributed by atoms with Gasteiger partial charge in [-0.05, 0) is 19.1 Å². The maximum atomic E-state index is 13.6. The number of para-hydroxylation sites is 1. The number of nitrogens with one attached hydrogen (secondary N) is 1. The van der Waals surface area contributed by atoms with Gasteiger partial charge >= 0.3 is 0 Å². The van der Waals surface area contributed by atoms with Crippen LogP contribution in [0.1, 0.15) is 5.69 Å². The zero-order valence-electron chi connectivity index (χ0n) is 11.3. The van der Waals surface area contributed by atoms with Crippen molar-refractivity contribution in [2.75, 3.05) is 4.72 Å². The smallest absolute Gasteiger partial charge is 0.276 e. The highest BCUT2D eigenvalue weighted by Crippen LogP contribution is 2.19. The van der Waals surface area contributed by atoms with E-state index in [2.05, 4.69) is 9.71 Å². The highest BCUT2D eigenvalue weighted by Gasteiger charge is 2.25. The minimum Gasteiger partial charge on any atom is -0.276 e. The van der Waals surface area contributed by atoms with Gasteiger partial charge in [-0.15, -0.1) is 11.3 Å². The van der Waals surface area contributed by atoms with E-state index in [9.17, 15) is 17.6 Å². The highest BCUT2D eigenvalue weighted by molar-refractivity contribution is 7.92. The summed E-state index contributed by atoms with van der Waals surface area (Å²) < 4.78 is 41.7. The van der Waals surface area contributed by atoms with Crippen LogP contribution in [0.3, 0.4) is 0 Å². The second-order valence-corrected chi connectivity index (χ2v) is 6.96. The predicted molar refractivity (Wildman–Crippen MR) is 81.3 cm³/mol. The van der Waals surface area contributed by atoms with Crippen molar-refractivity contribution in [1.82, 2.24) is 9.38 Å². The normalized spacial score (nSPS) is 11.7. The Hall–Kier alpha value is -2.26. The van der Waals surface area contributed by atoms with Crippen LogP contribution < -0.4 is 10.3 Å². The predicted octanol–water partition coefficient (Wildman–Crippen LogP) is 2.00. The summed E-state index contributed by atoms with van der Waals surface area (Å²) in [7, 11) is -4.25. The minimum absolute atomic E-state index is 0.0660. The molecule has 0 radical (unpaired) electrons. The first-order valence-electron chi connectivity index (χ1n) is 6.14. The molecule has 0 aliphatic rings. The topological polar surface area (TPSA) is 80.5 Å². The third kappa shape index (κ3) is 2.38. The zero-order chi connectivity index (χ0) is 15.9. The Morgan fingerprint density at radius 2 is 2.05 bits per heavy atom. The first kappa shape index (κ1) is 14.7. The monoisotopic (exact) mass is 339 g/mol. The SMILES string of the molecule is Cc1nc2sccn2c(=O)c1S(=O)(=O)Nc1ccccc1F. The molecule has 2 aromatic heterocycles. The summed E-state index contributed by atoms with van der Waals surface area (Å²) in [5, 5.41) is 1.63. The molecule has 22 heavy (non-hydrogen) atoms. The summed E-state index contributed by atoms with van der Waals surface area (Å²) in [6.45, 7) is 1.43. The molecule has 0 atom stereocenters. The molecule has 9 heteroatoms. The summed E-state index contributed by atoms with van der Waals surface area (Å²) in [5.41, 5.74) is -0.874. The number of rotatable bonds is 3. The fourth-order valence-corrected chi connectivity index (χ4v) is 4.09. The third-order valence-corrected chi connectivity index (χ3v) is 5.23. The molecule has 0 saturated heterocycles. The maximum absolute atomic E-state index is 13.6. The Morgan fingerprint density at radius 3 is 2.77 bits per heavy atom. The van der Waals surface area contributed by atoms with Crippen LogP contribution in [0.5, 0.6) is 0 Å². The Kier molecular flexibility index (Phi) is 3.45. The molecule has 0 fully saturated rings. The van der Waals surface area contributed by atoms with Gasteiger partial charge in [0.05, 0.1) is 11.4 Å². The van der Waals surface area contributed by atoms with Crippen molar-refractivity contribution >= 4 is 32.0 Å². The molecule has 3 aromatic rings. The average Bonchev–Trinajstić information content (AvgIpc) is 2.89. The highest BCUT2D eigenvalue weighted by atomic mass is 32.2. The largest absolute Gasteiger partial charge is 0.279 e. The third-order valence-electron chi connectivity index (χ3n) is 2.98. The summed E-state index contributed by atoms with van der Waals surface area (Å²) in [6.07, 6.45) is 1.44. The van der Waals surface area contributed by atoms with Crippen molar-refractivity contribution in [2.45, 2.75) is 11.8 Å². The summed E-state index contributed by atoms with van der Waals surface area (Å²) >= 11 is 1.22. The summed E-state index contributed by atoms with van der Waals surface area (Å²) in [4.78, 5) is 16.3. The Balaban J connectivity index is 2.18. The van der Waals surface area contributed by atoms with Gasteiger partial charge in [0.15, 0.2) is 9.86 Å². The molecule has 1 N–H and O–H groups in total. The number of hydrogen-bond acceptors (Lipinski definition) is 5. The van der Waals surface area contributed by atoms with Crippen molar-refractivity contribution in [3.63, 3.8) is 0 Å². The van der Waals surface area contributed by atoms with Crippen molar-refractivity contribution in [3.8, 4) is 0 Å². The number of fused-ring (bicyclic) bond motifs is 1. The fraction of sp³-hybridized carbons (Fsp3) is 0.0769. The van der Waals surface area contributed by atoms with E-state index >= 15 is 0 Å². The Labute approximate surface area is 128 Å². The Morgan fingerprint density at radius 1 is 1.32 bits per heavy atom. The standard InChI is InChI=1S/C13H10FN3O3S2/c1-8-11(12(18)17-6-7-21-13(17)15-8)22(19,20)16-10-5-3-2-4-9(10)14/h2-7,16H,1H3. The van der Waals surface area contributed by atoms with Gasteiger partial charge in [-0.1, -0.05) is 12.1 Å². The first-order valence-corrected chi connectivity index (χ1v) is 8.50. The molecule has 0 aliphatic carbocycles. The van der Waals surface area contributed by atoms with E-state index in [0.29, 0.717) is 4.96 Å². The molecule has 6 nitrogen and oxygen atoms in total. The number of benzene rings is 1. The van der Waals surface area contributed by atoms with Gasteiger partial charge < -0.3 is 0 Å². The van der Waals surface area contributed by atoms with Crippen LogP contribution in [0, 0.1) is 12.7 Å². The maximum Gasteiger partial charge on any atom is 0.279 e. The second kappa shape index (κ2) is 5.18. The van der Waals surface area contributed by atoms with E-state index in [1.54, 1.807) is 5.38 Å². The molecule has 0 amide bonds. The molecule has 0 spiro atoms. The van der Waals surface area contributed by atoms with Crippen molar-refractivity contribution in [1.29, 1.82) is 0 Å². The van der Waals surface area contributed by atoms with Crippen LogP contribution in [-0.4, -0.2) is 17.8 Å². The van der Waals surface area contributed by atoms with Crippen molar-refractivity contribution in [3.05, 3.63) is 57.7 Å². The van der Waals surface area contributed by atoms with Crippen molar-refractivity contribution < 1.29 is 12.8 Å². The number of nitrogens with zero attached hydrogens (tertiary/aromatic N) is 2. The number of hydrogen-bond donors (Lipinski definition) is 1. The number of sulfonamides is 1. The lowest BCUT2D eigenvalue weighted by atomic mass is 10.3. The lowest BCUT2D eigenvalue weighted by molar-refractivity contribution is 0.595. The lowest BCUT2D eigenvalue weighted by Gasteiger charge is -2.10. The van der Waals surface area contributed by atoms with E-state index in [1.165, 1.54) is 42.7 Å². The summed E-state index contributed by atoms with van der Waals surface area (Å²) in [5.74, 6) is -0.728. The molecular formula is C13H10FN3O3S2. The molecule has 114 valence electrons. The number of anilines is 1. The molecule has 0 saturated carbocycles. The van der Waals surface area contributed by atoms with Gasteiger partial charge in [0.2, 0.25) is 0 Å². The molecule has 0 aliphatic heterocycles. The first-order chi connectivity index (χ1) is 10.4. The van der Waals surface area contributed by atoms with Gasteiger partial charge in [-0.3, -0.25) is 13.9 Å². The van der Waals surface area contributed by atoms with E-state index in [1.807, 2.05) is 0 Å². The summed E-state index contributed by atoms with van der Waals surface area (Å²) in [6, 6.07) is 5.32. The van der Waals surface area contributed by atoms with Crippen LogP contribution in [-0.2, 0) is 10.0 Å². The van der Waals surface area contributed by atoms with Gasteiger partial charge in [0, 0.05) is 11.6 Å². The van der Waals surface area contributed by atoms with Crippen LogP contribution in [0.2, 0.25) is 0 Å².